The molecule has 0 aliphatic carbocycles. The fraction of sp³-hybridized carbons (Fsp3) is 0.357. The zero-order chi connectivity index (χ0) is 15.2. The van der Waals surface area contributed by atoms with Crippen molar-refractivity contribution in [1.82, 2.24) is 4.98 Å². The number of anilines is 1. The van der Waals surface area contributed by atoms with Crippen LogP contribution in [0.1, 0.15) is 6.92 Å². The molecule has 1 aromatic carbocycles. The summed E-state index contributed by atoms with van der Waals surface area (Å²) >= 11 is 0. The van der Waals surface area contributed by atoms with E-state index in [2.05, 4.69) is 10.3 Å². The molecule has 112 valence electrons. The summed E-state index contributed by atoms with van der Waals surface area (Å²) in [7, 11) is 0. The highest BCUT2D eigenvalue weighted by atomic mass is 16.6. The van der Waals surface area contributed by atoms with E-state index in [1.807, 2.05) is 5.32 Å². The largest absolute Gasteiger partial charge is 0.388 e. The normalized spacial score (nSPS) is 12.3. The second kappa shape index (κ2) is 6.96. The first-order valence-corrected chi connectivity index (χ1v) is 6.85. The van der Waals surface area contributed by atoms with Gasteiger partial charge in [-0.05, 0) is 25.1 Å². The van der Waals surface area contributed by atoms with Crippen molar-refractivity contribution in [3.8, 4) is 0 Å². The van der Waals surface area contributed by atoms with Crippen LogP contribution in [0.3, 0.4) is 0 Å². The Morgan fingerprint density at radius 3 is 3.00 bits per heavy atom. The van der Waals surface area contributed by atoms with Crippen LogP contribution in [0.2, 0.25) is 0 Å². The number of aliphatic hydroxyl groups excluding tert-OH is 1. The SMILES string of the molecule is C[C@H](O)C[NH2+]CCNc1ccc([N+](=O)[O-])c2cccnc12. The van der Waals surface area contributed by atoms with Gasteiger partial charge in [-0.25, -0.2) is 0 Å². The molecule has 0 spiro atoms. The van der Waals surface area contributed by atoms with Gasteiger partial charge >= 0.3 is 0 Å². The van der Waals surface area contributed by atoms with Crippen molar-refractivity contribution in [3.63, 3.8) is 0 Å². The number of hydrogen-bond donors (Lipinski definition) is 3. The fourth-order valence-electron chi connectivity index (χ4n) is 2.13. The minimum atomic E-state index is -0.399. The lowest BCUT2D eigenvalue weighted by molar-refractivity contribution is -0.657. The molecule has 2 aromatic rings. The van der Waals surface area contributed by atoms with Gasteiger partial charge in [-0.3, -0.25) is 15.1 Å². The van der Waals surface area contributed by atoms with Crippen LogP contribution in [-0.2, 0) is 0 Å². The van der Waals surface area contributed by atoms with E-state index >= 15 is 0 Å². The van der Waals surface area contributed by atoms with Crippen LogP contribution < -0.4 is 10.6 Å². The number of aromatic nitrogens is 1. The quantitative estimate of drug-likeness (QED) is 0.391. The third-order valence-electron chi connectivity index (χ3n) is 3.12. The van der Waals surface area contributed by atoms with Gasteiger partial charge in [-0.2, -0.15) is 0 Å². The van der Waals surface area contributed by atoms with Crippen LogP contribution in [0, 0.1) is 10.1 Å². The van der Waals surface area contributed by atoms with E-state index in [9.17, 15) is 10.1 Å². The van der Waals surface area contributed by atoms with Crippen molar-refractivity contribution in [1.29, 1.82) is 0 Å². The molecule has 1 aromatic heterocycles. The summed E-state index contributed by atoms with van der Waals surface area (Å²) < 4.78 is 0. The fourth-order valence-corrected chi connectivity index (χ4v) is 2.13. The molecule has 21 heavy (non-hydrogen) atoms. The lowest BCUT2D eigenvalue weighted by atomic mass is 10.1. The van der Waals surface area contributed by atoms with Crippen LogP contribution in [0.5, 0.6) is 0 Å². The van der Waals surface area contributed by atoms with Crippen molar-refractivity contribution in [2.45, 2.75) is 13.0 Å². The lowest BCUT2D eigenvalue weighted by Crippen LogP contribution is -2.87. The van der Waals surface area contributed by atoms with E-state index < -0.39 is 4.92 Å². The van der Waals surface area contributed by atoms with E-state index in [0.717, 1.165) is 12.2 Å². The molecule has 1 heterocycles. The predicted molar refractivity (Wildman–Crippen MR) is 80.2 cm³/mol. The Balaban J connectivity index is 2.11. The molecule has 2 rings (SSSR count). The Bertz CT molecular complexity index is 631. The van der Waals surface area contributed by atoms with Gasteiger partial charge < -0.3 is 15.7 Å². The summed E-state index contributed by atoms with van der Waals surface area (Å²) in [6.07, 6.45) is 1.29. The van der Waals surface area contributed by atoms with Crippen molar-refractivity contribution < 1.29 is 15.3 Å². The Hall–Kier alpha value is -2.25. The van der Waals surface area contributed by atoms with Gasteiger partial charge in [-0.15, -0.1) is 0 Å². The maximum atomic E-state index is 11.0. The Labute approximate surface area is 122 Å². The first kappa shape index (κ1) is 15.1. The minimum absolute atomic E-state index is 0.0596. The number of aliphatic hydroxyl groups is 1. The molecule has 0 amide bonds. The third-order valence-corrected chi connectivity index (χ3v) is 3.12. The molecule has 0 aliphatic rings. The molecule has 1 atom stereocenters. The third kappa shape index (κ3) is 3.87. The second-order valence-corrected chi connectivity index (χ2v) is 4.88. The number of fused-ring (bicyclic) bond motifs is 1. The number of pyridine rings is 1. The highest BCUT2D eigenvalue weighted by molar-refractivity contribution is 5.96. The van der Waals surface area contributed by atoms with Gasteiger partial charge in [0, 0.05) is 12.3 Å². The Kier molecular flexibility index (Phi) is 5.02. The van der Waals surface area contributed by atoms with Crippen LogP contribution >= 0.6 is 0 Å². The number of nitro groups is 1. The highest BCUT2D eigenvalue weighted by Crippen LogP contribution is 2.29. The minimum Gasteiger partial charge on any atom is -0.388 e. The van der Waals surface area contributed by atoms with E-state index in [1.54, 1.807) is 31.3 Å². The summed E-state index contributed by atoms with van der Waals surface area (Å²) in [5.74, 6) is 0. The average Bonchev–Trinajstić information content (AvgIpc) is 2.46. The standard InChI is InChI=1S/C14H18N4O3/c1-10(19)9-15-7-8-16-12-4-5-13(18(20)21)11-3-2-6-17-14(11)12/h2-6,10,15-16,19H,7-9H2,1H3/p+1/t10-/m0/s1. The van der Waals surface area contributed by atoms with Crippen LogP contribution in [-0.4, -0.2) is 40.8 Å². The molecule has 0 unspecified atom stereocenters. The summed E-state index contributed by atoms with van der Waals surface area (Å²) in [4.78, 5) is 14.9. The van der Waals surface area contributed by atoms with Crippen LogP contribution in [0.4, 0.5) is 11.4 Å². The van der Waals surface area contributed by atoms with Gasteiger partial charge in [0.1, 0.15) is 12.1 Å². The molecular weight excluding hydrogens is 272 g/mol. The van der Waals surface area contributed by atoms with Crippen molar-refractivity contribution in [2.24, 2.45) is 0 Å². The predicted octanol–water partition coefficient (Wildman–Crippen LogP) is 0.499. The number of non-ortho nitro benzene ring substituents is 1. The summed E-state index contributed by atoms with van der Waals surface area (Å²) in [5.41, 5.74) is 1.44. The van der Waals surface area contributed by atoms with Crippen molar-refractivity contribution in [3.05, 3.63) is 40.6 Å². The summed E-state index contributed by atoms with van der Waals surface area (Å²) in [5, 5.41) is 26.0. The Morgan fingerprint density at radius 2 is 2.29 bits per heavy atom. The van der Waals surface area contributed by atoms with Crippen LogP contribution in [0.25, 0.3) is 10.9 Å². The number of nitrogens with two attached hydrogens (primary N) is 1. The average molecular weight is 291 g/mol. The smallest absolute Gasteiger partial charge is 0.278 e. The summed E-state index contributed by atoms with van der Waals surface area (Å²) in [6.45, 7) is 3.89. The first-order valence-electron chi connectivity index (χ1n) is 6.85. The molecular formula is C14H19N4O3+. The molecule has 7 heteroatoms. The van der Waals surface area contributed by atoms with Crippen molar-refractivity contribution in [2.75, 3.05) is 25.0 Å². The van der Waals surface area contributed by atoms with E-state index in [4.69, 9.17) is 5.11 Å². The maximum absolute atomic E-state index is 11.0. The first-order chi connectivity index (χ1) is 10.1. The van der Waals surface area contributed by atoms with Crippen molar-refractivity contribution >= 4 is 22.3 Å². The molecule has 4 N–H and O–H groups in total. The topological polar surface area (TPSA) is 105 Å². The monoisotopic (exact) mass is 291 g/mol. The van der Waals surface area contributed by atoms with E-state index in [1.165, 1.54) is 6.07 Å². The number of nitrogens with zero attached hydrogens (tertiary/aromatic N) is 2. The molecule has 0 fully saturated rings. The number of quaternary nitrogens is 1. The lowest BCUT2D eigenvalue weighted by Gasteiger charge is -2.09. The number of hydrogen-bond acceptors (Lipinski definition) is 5. The van der Waals surface area contributed by atoms with E-state index in [0.29, 0.717) is 24.0 Å². The van der Waals surface area contributed by atoms with Gasteiger partial charge in [-0.1, -0.05) is 0 Å². The molecule has 0 aliphatic heterocycles. The van der Waals surface area contributed by atoms with Gasteiger partial charge in [0.15, 0.2) is 0 Å². The van der Waals surface area contributed by atoms with Gasteiger partial charge in [0.2, 0.25) is 0 Å². The molecule has 0 bridgehead atoms. The molecule has 0 radical (unpaired) electrons. The molecule has 0 saturated heterocycles. The molecule has 0 saturated carbocycles. The van der Waals surface area contributed by atoms with Crippen LogP contribution in [0.15, 0.2) is 30.5 Å². The number of nitro benzene ring substituents is 1. The number of nitrogens with one attached hydrogen (secondary N) is 1. The number of benzene rings is 1. The zero-order valence-corrected chi connectivity index (χ0v) is 11.8. The van der Waals surface area contributed by atoms with Gasteiger partial charge in [0.05, 0.1) is 35.2 Å². The van der Waals surface area contributed by atoms with Gasteiger partial charge in [0.25, 0.3) is 5.69 Å². The number of rotatable bonds is 7. The Morgan fingerprint density at radius 1 is 1.48 bits per heavy atom. The zero-order valence-electron chi connectivity index (χ0n) is 11.8. The van der Waals surface area contributed by atoms with E-state index in [-0.39, 0.29) is 11.8 Å². The molecule has 7 nitrogen and oxygen atoms in total. The maximum Gasteiger partial charge on any atom is 0.278 e. The summed E-state index contributed by atoms with van der Waals surface area (Å²) in [6, 6.07) is 6.56. The highest BCUT2D eigenvalue weighted by Gasteiger charge is 2.14. The second-order valence-electron chi connectivity index (χ2n) is 4.88.